The lowest BCUT2D eigenvalue weighted by atomic mass is 9.67. The fourth-order valence-corrected chi connectivity index (χ4v) is 2.24. The number of carbonyl (C=O) groups is 1. The zero-order chi connectivity index (χ0) is 9.35. The normalized spacial score (nSPS) is 42.7. The maximum atomic E-state index is 11.3. The smallest absolute Gasteiger partial charge is 0.192 e. The van der Waals surface area contributed by atoms with Crippen LogP contribution in [0.5, 0.6) is 0 Å². The van der Waals surface area contributed by atoms with Crippen molar-refractivity contribution in [3.63, 3.8) is 0 Å². The molecule has 1 aliphatic carbocycles. The minimum atomic E-state index is -0.291. The van der Waals surface area contributed by atoms with Gasteiger partial charge in [-0.3, -0.25) is 4.79 Å². The topological polar surface area (TPSA) is 43.1 Å². The van der Waals surface area contributed by atoms with Crippen molar-refractivity contribution in [2.45, 2.75) is 39.2 Å². The molecule has 3 heteroatoms. The Balaban J connectivity index is 2.77. The standard InChI is InChI=1S/C9H17NOS/c1-6-3-4-7(10)5-9(6,2)8(11)12/h6-7H,3-5,10H2,1-2H3,(H,11,12)/t6-,7-,9+/m0/s1. The molecule has 0 aliphatic heterocycles. The number of nitrogens with two attached hydrogens (primary N) is 1. The summed E-state index contributed by atoms with van der Waals surface area (Å²) in [7, 11) is 0. The van der Waals surface area contributed by atoms with E-state index in [0.29, 0.717) is 5.92 Å². The molecule has 2 nitrogen and oxygen atoms in total. The maximum Gasteiger partial charge on any atom is 0.192 e. The predicted molar refractivity (Wildman–Crippen MR) is 53.1 cm³/mol. The van der Waals surface area contributed by atoms with E-state index in [-0.39, 0.29) is 16.6 Å². The summed E-state index contributed by atoms with van der Waals surface area (Å²) in [6.45, 7) is 4.09. The maximum absolute atomic E-state index is 11.3. The van der Waals surface area contributed by atoms with Gasteiger partial charge in [-0.2, -0.15) is 0 Å². The summed E-state index contributed by atoms with van der Waals surface area (Å²) in [6.07, 6.45) is 2.87. The van der Waals surface area contributed by atoms with Gasteiger partial charge in [-0.05, 0) is 25.2 Å². The van der Waals surface area contributed by atoms with Crippen LogP contribution in [0.4, 0.5) is 0 Å². The molecule has 1 fully saturated rings. The van der Waals surface area contributed by atoms with Crippen molar-refractivity contribution in [3.05, 3.63) is 0 Å². The Morgan fingerprint density at radius 2 is 2.17 bits per heavy atom. The molecule has 1 saturated carbocycles. The largest absolute Gasteiger partial charge is 0.328 e. The van der Waals surface area contributed by atoms with E-state index >= 15 is 0 Å². The first-order valence-electron chi connectivity index (χ1n) is 4.46. The van der Waals surface area contributed by atoms with Gasteiger partial charge in [-0.15, -0.1) is 12.6 Å². The summed E-state index contributed by atoms with van der Waals surface area (Å²) in [6, 6.07) is 0.183. The summed E-state index contributed by atoms with van der Waals surface area (Å²) in [5.41, 5.74) is 5.53. The fourth-order valence-electron chi connectivity index (χ4n) is 1.93. The van der Waals surface area contributed by atoms with Gasteiger partial charge in [-0.1, -0.05) is 13.8 Å². The minimum Gasteiger partial charge on any atom is -0.328 e. The second kappa shape index (κ2) is 3.38. The zero-order valence-electron chi connectivity index (χ0n) is 7.71. The molecule has 0 heterocycles. The van der Waals surface area contributed by atoms with Gasteiger partial charge in [0.25, 0.3) is 0 Å². The summed E-state index contributed by atoms with van der Waals surface area (Å²) < 4.78 is 0. The average molecular weight is 187 g/mol. The number of thiol groups is 1. The Labute approximate surface area is 79.3 Å². The molecule has 1 rings (SSSR count). The van der Waals surface area contributed by atoms with Crippen LogP contribution in [-0.4, -0.2) is 11.2 Å². The molecule has 0 aromatic carbocycles. The molecular weight excluding hydrogens is 170 g/mol. The number of hydrogen-bond donors (Lipinski definition) is 2. The van der Waals surface area contributed by atoms with E-state index < -0.39 is 0 Å². The van der Waals surface area contributed by atoms with E-state index in [2.05, 4.69) is 19.6 Å². The van der Waals surface area contributed by atoms with Gasteiger partial charge in [0, 0.05) is 11.5 Å². The molecule has 0 spiro atoms. The van der Waals surface area contributed by atoms with E-state index in [1.54, 1.807) is 0 Å². The van der Waals surface area contributed by atoms with E-state index in [1.807, 2.05) is 6.92 Å². The van der Waals surface area contributed by atoms with Crippen LogP contribution in [0.15, 0.2) is 0 Å². The average Bonchev–Trinajstić information content (AvgIpc) is 1.97. The van der Waals surface area contributed by atoms with Gasteiger partial charge in [0.15, 0.2) is 5.12 Å². The molecular formula is C9H17NOS. The summed E-state index contributed by atoms with van der Waals surface area (Å²) in [5.74, 6) is 0.419. The quantitative estimate of drug-likeness (QED) is 0.612. The third-order valence-corrected chi connectivity index (χ3v) is 3.74. The number of hydrogen-bond acceptors (Lipinski definition) is 2. The van der Waals surface area contributed by atoms with E-state index in [9.17, 15) is 4.79 Å². The highest BCUT2D eigenvalue weighted by molar-refractivity contribution is 7.96. The molecule has 0 saturated heterocycles. The number of carbonyl (C=O) groups excluding carboxylic acids is 1. The predicted octanol–water partition coefficient (Wildman–Crippen LogP) is 1.60. The molecule has 12 heavy (non-hydrogen) atoms. The van der Waals surface area contributed by atoms with E-state index in [0.717, 1.165) is 19.3 Å². The molecule has 1 aliphatic rings. The molecule has 0 bridgehead atoms. The first kappa shape index (κ1) is 10.1. The Hall–Kier alpha value is -0.0200. The second-order valence-corrected chi connectivity index (χ2v) is 4.57. The Bertz CT molecular complexity index is 195. The Morgan fingerprint density at radius 1 is 1.58 bits per heavy atom. The van der Waals surface area contributed by atoms with Gasteiger partial charge in [-0.25, -0.2) is 0 Å². The lowest BCUT2D eigenvalue weighted by Gasteiger charge is -2.39. The lowest BCUT2D eigenvalue weighted by molar-refractivity contribution is -0.123. The molecule has 0 aromatic rings. The fraction of sp³-hybridized carbons (Fsp3) is 0.889. The number of rotatable bonds is 1. The van der Waals surface area contributed by atoms with Gasteiger partial charge in [0.1, 0.15) is 0 Å². The third kappa shape index (κ3) is 1.67. The van der Waals surface area contributed by atoms with Crippen molar-refractivity contribution in [2.75, 3.05) is 0 Å². The van der Waals surface area contributed by atoms with Crippen LogP contribution in [0.2, 0.25) is 0 Å². The van der Waals surface area contributed by atoms with Crippen molar-refractivity contribution in [1.29, 1.82) is 0 Å². The van der Waals surface area contributed by atoms with E-state index in [1.165, 1.54) is 0 Å². The second-order valence-electron chi connectivity index (χ2n) is 4.17. The van der Waals surface area contributed by atoms with Crippen molar-refractivity contribution in [3.8, 4) is 0 Å². The van der Waals surface area contributed by atoms with Crippen LogP contribution in [0.1, 0.15) is 33.1 Å². The highest BCUT2D eigenvalue weighted by Crippen LogP contribution is 2.41. The monoisotopic (exact) mass is 187 g/mol. The summed E-state index contributed by atoms with van der Waals surface area (Å²) in [4.78, 5) is 11.3. The van der Waals surface area contributed by atoms with Gasteiger partial charge in [0.05, 0.1) is 0 Å². The van der Waals surface area contributed by atoms with Gasteiger partial charge >= 0.3 is 0 Å². The minimum absolute atomic E-state index is 0.00912. The van der Waals surface area contributed by atoms with Crippen LogP contribution in [-0.2, 0) is 4.79 Å². The van der Waals surface area contributed by atoms with E-state index in [4.69, 9.17) is 5.73 Å². The van der Waals surface area contributed by atoms with Crippen molar-refractivity contribution in [2.24, 2.45) is 17.1 Å². The zero-order valence-corrected chi connectivity index (χ0v) is 8.60. The molecule has 0 aromatic heterocycles. The third-order valence-electron chi connectivity index (χ3n) is 3.23. The van der Waals surface area contributed by atoms with Gasteiger partial charge in [0.2, 0.25) is 0 Å². The summed E-state index contributed by atoms with van der Waals surface area (Å²) >= 11 is 3.93. The highest BCUT2D eigenvalue weighted by atomic mass is 32.1. The first-order chi connectivity index (χ1) is 5.47. The van der Waals surface area contributed by atoms with Crippen molar-refractivity contribution >= 4 is 17.7 Å². The van der Waals surface area contributed by atoms with Crippen LogP contribution in [0.3, 0.4) is 0 Å². The molecule has 3 atom stereocenters. The lowest BCUT2D eigenvalue weighted by Crippen LogP contribution is -2.43. The highest BCUT2D eigenvalue weighted by Gasteiger charge is 2.41. The van der Waals surface area contributed by atoms with Crippen LogP contribution < -0.4 is 5.73 Å². The molecule has 0 amide bonds. The van der Waals surface area contributed by atoms with Crippen molar-refractivity contribution < 1.29 is 4.79 Å². The molecule has 0 radical (unpaired) electrons. The van der Waals surface area contributed by atoms with Crippen molar-refractivity contribution in [1.82, 2.24) is 0 Å². The first-order valence-corrected chi connectivity index (χ1v) is 4.90. The SMILES string of the molecule is C[C@H]1CC[C@H](N)C[C@@]1(C)C(=O)S. The Morgan fingerprint density at radius 3 is 2.58 bits per heavy atom. The molecule has 0 unspecified atom stereocenters. The Kier molecular flexibility index (Phi) is 2.84. The molecule has 70 valence electrons. The van der Waals surface area contributed by atoms with Gasteiger partial charge < -0.3 is 5.73 Å². The summed E-state index contributed by atoms with van der Waals surface area (Å²) in [5, 5.41) is -0.00912. The van der Waals surface area contributed by atoms with Crippen LogP contribution in [0, 0.1) is 11.3 Å². The van der Waals surface area contributed by atoms with Crippen LogP contribution in [0.25, 0.3) is 0 Å². The molecule has 2 N–H and O–H groups in total. The van der Waals surface area contributed by atoms with Crippen LogP contribution >= 0.6 is 12.6 Å².